The maximum atomic E-state index is 12.1. The molecule has 1 saturated heterocycles. The normalized spacial score (nSPS) is 18.1. The van der Waals surface area contributed by atoms with Crippen LogP contribution in [0, 0.1) is 0 Å². The van der Waals surface area contributed by atoms with E-state index in [2.05, 4.69) is 25.6 Å². The fraction of sp³-hybridized carbons (Fsp3) is 0.429. The summed E-state index contributed by atoms with van der Waals surface area (Å²) in [4.78, 5) is 24.6. The summed E-state index contributed by atoms with van der Waals surface area (Å²) < 4.78 is 1.67. The van der Waals surface area contributed by atoms with Gasteiger partial charge in [-0.3, -0.25) is 9.36 Å². The minimum Gasteiger partial charge on any atom is -0.349 e. The van der Waals surface area contributed by atoms with E-state index in [-0.39, 0.29) is 11.9 Å². The zero-order valence-corrected chi connectivity index (χ0v) is 12.8. The predicted octanol–water partition coefficient (Wildman–Crippen LogP) is 1.07. The number of hydrogen-bond donors (Lipinski definition) is 2. The van der Waals surface area contributed by atoms with Gasteiger partial charge in [-0.25, -0.2) is 15.0 Å². The number of halogens is 1. The molecule has 2 aromatic rings. The van der Waals surface area contributed by atoms with Crippen molar-refractivity contribution in [2.75, 3.05) is 6.54 Å². The second-order valence-electron chi connectivity index (χ2n) is 5.17. The predicted molar refractivity (Wildman–Crippen MR) is 81.7 cm³/mol. The Kier molecular flexibility index (Phi) is 4.65. The van der Waals surface area contributed by atoms with Gasteiger partial charge in [0, 0.05) is 12.4 Å². The van der Waals surface area contributed by atoms with E-state index < -0.39 is 0 Å². The molecule has 0 bridgehead atoms. The molecule has 0 aromatic carbocycles. The van der Waals surface area contributed by atoms with E-state index in [4.69, 9.17) is 11.6 Å². The van der Waals surface area contributed by atoms with Crippen LogP contribution in [-0.4, -0.2) is 38.0 Å². The van der Waals surface area contributed by atoms with Crippen molar-refractivity contribution in [3.63, 3.8) is 0 Å². The first-order chi connectivity index (χ1) is 10.7. The molecule has 1 aliphatic rings. The van der Waals surface area contributed by atoms with E-state index in [1.807, 2.05) is 0 Å². The maximum absolute atomic E-state index is 12.1. The summed E-state index contributed by atoms with van der Waals surface area (Å²) in [7, 11) is 0. The molecule has 0 radical (unpaired) electrons. The number of piperidine rings is 1. The van der Waals surface area contributed by atoms with Crippen molar-refractivity contribution in [3.05, 3.63) is 35.6 Å². The number of carbonyl (C=O) groups is 1. The van der Waals surface area contributed by atoms with Crippen molar-refractivity contribution in [1.82, 2.24) is 30.2 Å². The first-order valence-electron chi connectivity index (χ1n) is 7.25. The number of nitrogens with one attached hydrogen (secondary N) is 2. The first-order valence-corrected chi connectivity index (χ1v) is 7.63. The van der Waals surface area contributed by atoms with Crippen LogP contribution in [0.15, 0.2) is 24.8 Å². The highest BCUT2D eigenvalue weighted by Gasteiger charge is 2.20. The van der Waals surface area contributed by atoms with Gasteiger partial charge >= 0.3 is 0 Å². The molecule has 0 aliphatic carbocycles. The highest BCUT2D eigenvalue weighted by molar-refractivity contribution is 6.29. The van der Waals surface area contributed by atoms with Crippen LogP contribution in [0.2, 0.25) is 5.15 Å². The zero-order valence-electron chi connectivity index (χ0n) is 12.0. The summed E-state index contributed by atoms with van der Waals surface area (Å²) in [6.07, 6.45) is 8.05. The van der Waals surface area contributed by atoms with E-state index in [1.54, 1.807) is 29.4 Å². The number of hydrogen-bond acceptors (Lipinski definition) is 5. The van der Waals surface area contributed by atoms with Crippen LogP contribution in [0.4, 0.5) is 0 Å². The number of amides is 1. The van der Waals surface area contributed by atoms with Crippen LogP contribution in [-0.2, 0) is 11.3 Å². The summed E-state index contributed by atoms with van der Waals surface area (Å²) in [6, 6.07) is 1.54. The second kappa shape index (κ2) is 6.85. The molecule has 1 amide bonds. The van der Waals surface area contributed by atoms with Crippen molar-refractivity contribution in [2.45, 2.75) is 31.8 Å². The van der Waals surface area contributed by atoms with Crippen molar-refractivity contribution in [3.8, 4) is 5.95 Å². The van der Waals surface area contributed by atoms with E-state index in [1.165, 1.54) is 0 Å². The molecular weight excluding hydrogens is 304 g/mol. The fourth-order valence-electron chi connectivity index (χ4n) is 2.41. The molecule has 1 atom stereocenters. The third-order valence-corrected chi connectivity index (χ3v) is 3.74. The zero-order chi connectivity index (χ0) is 15.4. The molecule has 2 N–H and O–H groups in total. The Morgan fingerprint density at radius 1 is 1.45 bits per heavy atom. The van der Waals surface area contributed by atoms with Crippen LogP contribution in [0.25, 0.3) is 5.95 Å². The molecule has 1 fully saturated rings. The van der Waals surface area contributed by atoms with Gasteiger partial charge in [-0.1, -0.05) is 18.0 Å². The second-order valence-corrected chi connectivity index (χ2v) is 5.56. The monoisotopic (exact) mass is 320 g/mol. The topological polar surface area (TPSA) is 84.7 Å². The van der Waals surface area contributed by atoms with E-state index in [0.29, 0.717) is 23.3 Å². The molecule has 2 aromatic heterocycles. The minimum atomic E-state index is -0.112. The molecule has 22 heavy (non-hydrogen) atoms. The molecular formula is C14H17ClN6O. The average Bonchev–Trinajstić information content (AvgIpc) is 3.07. The average molecular weight is 321 g/mol. The van der Waals surface area contributed by atoms with Crippen LogP contribution in [0.1, 0.15) is 25.0 Å². The Bertz CT molecular complexity index is 639. The highest BCUT2D eigenvalue weighted by atomic mass is 35.5. The lowest BCUT2D eigenvalue weighted by molar-refractivity contribution is -0.123. The Hall–Kier alpha value is -1.99. The lowest BCUT2D eigenvalue weighted by atomic mass is 10.0. The van der Waals surface area contributed by atoms with Crippen LogP contribution in [0.3, 0.4) is 0 Å². The number of nitrogens with zero attached hydrogens (tertiary/aromatic N) is 4. The standard InChI is InChI=1S/C14H17ClN6O/c15-12-7-10(19-14(20-12)21-6-5-16-9-21)8-18-13(22)11-3-1-2-4-17-11/h5-7,9,11,17H,1-4,8H2,(H,18,22). The maximum Gasteiger partial charge on any atom is 0.237 e. The van der Waals surface area contributed by atoms with Gasteiger partial charge < -0.3 is 10.6 Å². The first kappa shape index (κ1) is 14.9. The molecule has 116 valence electrons. The summed E-state index contributed by atoms with van der Waals surface area (Å²) in [6.45, 7) is 1.21. The van der Waals surface area contributed by atoms with Gasteiger partial charge in [0.1, 0.15) is 11.5 Å². The van der Waals surface area contributed by atoms with Crippen LogP contribution >= 0.6 is 11.6 Å². The lowest BCUT2D eigenvalue weighted by Crippen LogP contribution is -2.46. The largest absolute Gasteiger partial charge is 0.349 e. The molecule has 3 heterocycles. The summed E-state index contributed by atoms with van der Waals surface area (Å²) >= 11 is 6.02. The molecule has 0 saturated carbocycles. The van der Waals surface area contributed by atoms with Gasteiger partial charge in [0.25, 0.3) is 0 Å². The van der Waals surface area contributed by atoms with Gasteiger partial charge in [-0.15, -0.1) is 0 Å². The van der Waals surface area contributed by atoms with E-state index in [0.717, 1.165) is 25.8 Å². The van der Waals surface area contributed by atoms with Crippen LogP contribution < -0.4 is 10.6 Å². The van der Waals surface area contributed by atoms with E-state index >= 15 is 0 Å². The van der Waals surface area contributed by atoms with Crippen molar-refractivity contribution >= 4 is 17.5 Å². The fourth-order valence-corrected chi connectivity index (χ4v) is 2.61. The van der Waals surface area contributed by atoms with Gasteiger partial charge in [-0.2, -0.15) is 0 Å². The molecule has 7 nitrogen and oxygen atoms in total. The molecule has 0 spiro atoms. The van der Waals surface area contributed by atoms with Crippen molar-refractivity contribution in [1.29, 1.82) is 0 Å². The van der Waals surface area contributed by atoms with Gasteiger partial charge in [-0.05, 0) is 25.5 Å². The Balaban J connectivity index is 1.66. The molecule has 1 unspecified atom stereocenters. The third-order valence-electron chi connectivity index (χ3n) is 3.54. The van der Waals surface area contributed by atoms with Crippen molar-refractivity contribution < 1.29 is 4.79 Å². The van der Waals surface area contributed by atoms with Gasteiger partial charge in [0.2, 0.25) is 11.9 Å². The highest BCUT2D eigenvalue weighted by Crippen LogP contribution is 2.11. The summed E-state index contributed by atoms with van der Waals surface area (Å²) in [5, 5.41) is 6.44. The minimum absolute atomic E-state index is 0.00128. The number of imidazole rings is 1. The van der Waals surface area contributed by atoms with Gasteiger partial charge in [0.15, 0.2) is 0 Å². The van der Waals surface area contributed by atoms with Crippen molar-refractivity contribution in [2.24, 2.45) is 0 Å². The quantitative estimate of drug-likeness (QED) is 0.823. The smallest absolute Gasteiger partial charge is 0.237 e. The molecule has 8 heteroatoms. The Morgan fingerprint density at radius 3 is 3.09 bits per heavy atom. The molecule has 3 rings (SSSR count). The summed E-state index contributed by atoms with van der Waals surface area (Å²) in [5.74, 6) is 0.434. The molecule has 1 aliphatic heterocycles. The number of rotatable bonds is 4. The van der Waals surface area contributed by atoms with E-state index in [9.17, 15) is 4.79 Å². The Morgan fingerprint density at radius 2 is 2.36 bits per heavy atom. The Labute approximate surface area is 133 Å². The third kappa shape index (κ3) is 3.61. The SMILES string of the molecule is O=C(NCc1cc(Cl)nc(-n2ccnc2)n1)C1CCCCN1. The number of aromatic nitrogens is 4. The lowest BCUT2D eigenvalue weighted by Gasteiger charge is -2.22. The van der Waals surface area contributed by atoms with Crippen LogP contribution in [0.5, 0.6) is 0 Å². The number of carbonyl (C=O) groups excluding carboxylic acids is 1. The van der Waals surface area contributed by atoms with Gasteiger partial charge in [0.05, 0.1) is 18.3 Å². The summed E-state index contributed by atoms with van der Waals surface area (Å²) in [5.41, 5.74) is 0.660.